The van der Waals surface area contributed by atoms with Gasteiger partial charge in [-0.05, 0) is 14.1 Å². The summed E-state index contributed by atoms with van der Waals surface area (Å²) < 4.78 is 4.18. The molecule has 67 valence electrons. The van der Waals surface area contributed by atoms with Gasteiger partial charge in [0.2, 0.25) is 0 Å². The Morgan fingerprint density at radius 1 is 1.36 bits per heavy atom. The van der Waals surface area contributed by atoms with Crippen molar-refractivity contribution in [3.05, 3.63) is 0 Å². The van der Waals surface area contributed by atoms with Gasteiger partial charge in [0.25, 0.3) is 0 Å². The van der Waals surface area contributed by atoms with Crippen molar-refractivity contribution in [2.45, 2.75) is 0 Å². The predicted octanol–water partition coefficient (Wildman–Crippen LogP) is 1.01. The van der Waals surface area contributed by atoms with E-state index >= 15 is 0 Å². The van der Waals surface area contributed by atoms with Crippen molar-refractivity contribution in [2.75, 3.05) is 38.7 Å². The van der Waals surface area contributed by atoms with Crippen molar-refractivity contribution in [2.24, 2.45) is 0 Å². The van der Waals surface area contributed by atoms with Crippen LogP contribution in [0.5, 0.6) is 0 Å². The fourth-order valence-electron chi connectivity index (χ4n) is 1.33. The van der Waals surface area contributed by atoms with Crippen LogP contribution in [-0.2, 0) is 0 Å². The van der Waals surface area contributed by atoms with E-state index in [4.69, 9.17) is 0 Å². The lowest BCUT2D eigenvalue weighted by Crippen LogP contribution is -2.22. The van der Waals surface area contributed by atoms with Crippen molar-refractivity contribution < 1.29 is 4.89 Å². The van der Waals surface area contributed by atoms with E-state index in [2.05, 4.69) is 25.3 Å². The van der Waals surface area contributed by atoms with Crippen LogP contribution in [-0.4, -0.2) is 52.9 Å². The number of alkyl halides is 1. The maximum atomic E-state index is 10.2. The fourth-order valence-corrected chi connectivity index (χ4v) is 5.00. The minimum atomic E-state index is -1.88. The first kappa shape index (κ1) is 9.87. The van der Waals surface area contributed by atoms with Crippen LogP contribution < -0.4 is 0 Å². The molecule has 5 heteroatoms. The molecule has 11 heavy (non-hydrogen) atoms. The molecule has 1 heterocycles. The second-order valence-electron chi connectivity index (χ2n) is 2.87. The summed E-state index contributed by atoms with van der Waals surface area (Å²) in [4.78, 5) is 10.2. The summed E-state index contributed by atoms with van der Waals surface area (Å²) in [5.41, 5.74) is 0. The normalized spacial score (nSPS) is 26.2. The first-order valence-electron chi connectivity index (χ1n) is 3.71. The minimum absolute atomic E-state index is 0.861. The predicted molar refractivity (Wildman–Crippen MR) is 53.1 cm³/mol. The van der Waals surface area contributed by atoms with Crippen LogP contribution in [0.1, 0.15) is 0 Å². The third kappa shape index (κ3) is 1.76. The summed E-state index contributed by atoms with van der Waals surface area (Å²) in [5, 5.41) is 0.881. The molecule has 0 saturated carbocycles. The van der Waals surface area contributed by atoms with Crippen LogP contribution >= 0.6 is 23.7 Å². The lowest BCUT2D eigenvalue weighted by Gasteiger charge is -2.36. The van der Waals surface area contributed by atoms with Gasteiger partial charge in [-0.25, -0.2) is 0 Å². The molecule has 1 radical (unpaired) electrons. The molecular weight excluding hydrogens is 227 g/mol. The van der Waals surface area contributed by atoms with E-state index in [1.54, 1.807) is 0 Å². The zero-order chi connectivity index (χ0) is 8.48. The molecule has 1 aliphatic rings. The highest BCUT2D eigenvalue weighted by atomic mass is 79.9. The summed E-state index contributed by atoms with van der Waals surface area (Å²) in [6, 6.07) is 0. The van der Waals surface area contributed by atoms with Gasteiger partial charge in [-0.1, -0.05) is 15.9 Å². The molecule has 0 aromatic carbocycles. The zero-order valence-electron chi connectivity index (χ0n) is 7.00. The van der Waals surface area contributed by atoms with Crippen LogP contribution in [0.15, 0.2) is 0 Å². The average Bonchev–Trinajstić information content (AvgIpc) is 2.19. The SMILES string of the molecule is CN1CCN(C)[P]1(O)CCBr. The first-order valence-corrected chi connectivity index (χ1v) is 6.66. The minimum Gasteiger partial charge on any atom is -0.353 e. The topological polar surface area (TPSA) is 26.7 Å². The van der Waals surface area contributed by atoms with E-state index in [0.717, 1.165) is 24.6 Å². The van der Waals surface area contributed by atoms with E-state index in [-0.39, 0.29) is 0 Å². The Labute approximate surface area is 77.0 Å². The summed E-state index contributed by atoms with van der Waals surface area (Å²) in [7, 11) is 2.12. The zero-order valence-corrected chi connectivity index (χ0v) is 9.48. The molecule has 0 unspecified atom stereocenters. The smallest absolute Gasteiger partial charge is 0.112 e. The highest BCUT2D eigenvalue weighted by Gasteiger charge is 2.38. The number of halogens is 1. The molecule has 0 aromatic heterocycles. The van der Waals surface area contributed by atoms with Crippen LogP contribution in [0, 0.1) is 0 Å². The summed E-state index contributed by atoms with van der Waals surface area (Å²) in [6.45, 7) is 1.99. The third-order valence-corrected chi connectivity index (χ3v) is 6.65. The average molecular weight is 242 g/mol. The van der Waals surface area contributed by atoms with Crippen LogP contribution in [0.3, 0.4) is 0 Å². The monoisotopic (exact) mass is 241 g/mol. The molecule has 0 bridgehead atoms. The maximum absolute atomic E-state index is 10.2. The van der Waals surface area contributed by atoms with Gasteiger partial charge < -0.3 is 4.89 Å². The molecule has 1 fully saturated rings. The number of rotatable bonds is 2. The molecular formula is C6H15BrN2OP. The molecule has 1 N–H and O–H groups in total. The van der Waals surface area contributed by atoms with Gasteiger partial charge in [0.1, 0.15) is 7.79 Å². The van der Waals surface area contributed by atoms with E-state index in [1.807, 2.05) is 14.1 Å². The highest BCUT2D eigenvalue weighted by molar-refractivity contribution is 9.09. The number of hydrogen-bond donors (Lipinski definition) is 1. The molecule has 1 rings (SSSR count). The summed E-state index contributed by atoms with van der Waals surface area (Å²) in [6.07, 6.45) is 0.861. The van der Waals surface area contributed by atoms with E-state index < -0.39 is 7.79 Å². The molecule has 1 aliphatic heterocycles. The number of likely N-dealkylation sites (N-methyl/N-ethyl adjacent to an activating group) is 2. The van der Waals surface area contributed by atoms with Gasteiger partial charge in [-0.2, -0.15) is 0 Å². The van der Waals surface area contributed by atoms with E-state index in [1.165, 1.54) is 0 Å². The first-order chi connectivity index (χ1) is 5.11. The van der Waals surface area contributed by atoms with Gasteiger partial charge in [0.05, 0.1) is 0 Å². The van der Waals surface area contributed by atoms with Crippen molar-refractivity contribution in [3.8, 4) is 0 Å². The standard InChI is InChI=1S/C6H15BrN2OP/c1-8-4-5-9(2)11(8,10)6-3-7/h10H,3-6H2,1-2H3. The largest absolute Gasteiger partial charge is 0.353 e. The number of hydrogen-bond acceptors (Lipinski definition) is 3. The Balaban J connectivity index is 2.63. The van der Waals surface area contributed by atoms with Crippen LogP contribution in [0.2, 0.25) is 0 Å². The van der Waals surface area contributed by atoms with Crippen molar-refractivity contribution >= 4 is 23.7 Å². The van der Waals surface area contributed by atoms with E-state index in [9.17, 15) is 4.89 Å². The molecule has 0 aliphatic carbocycles. The van der Waals surface area contributed by atoms with Crippen molar-refractivity contribution in [1.82, 2.24) is 9.34 Å². The summed E-state index contributed by atoms with van der Waals surface area (Å²) in [5.74, 6) is 0. The highest BCUT2D eigenvalue weighted by Crippen LogP contribution is 2.62. The van der Waals surface area contributed by atoms with Gasteiger partial charge in [-0.3, -0.25) is 9.34 Å². The maximum Gasteiger partial charge on any atom is 0.112 e. The fraction of sp³-hybridized carbons (Fsp3) is 1.00. The molecule has 0 amide bonds. The Bertz CT molecular complexity index is 137. The lowest BCUT2D eigenvalue weighted by atomic mass is 10.6. The van der Waals surface area contributed by atoms with Gasteiger partial charge in [0.15, 0.2) is 0 Å². The Morgan fingerprint density at radius 3 is 2.18 bits per heavy atom. The third-order valence-electron chi connectivity index (χ3n) is 2.23. The molecule has 1 saturated heterocycles. The quantitative estimate of drug-likeness (QED) is 0.578. The van der Waals surface area contributed by atoms with Gasteiger partial charge in [-0.15, -0.1) is 0 Å². The second kappa shape index (κ2) is 3.67. The lowest BCUT2D eigenvalue weighted by molar-refractivity contribution is 0.463. The Morgan fingerprint density at radius 2 is 1.82 bits per heavy atom. The van der Waals surface area contributed by atoms with Crippen LogP contribution in [0.25, 0.3) is 0 Å². The molecule has 0 spiro atoms. The van der Waals surface area contributed by atoms with E-state index in [0.29, 0.717) is 0 Å². The summed E-state index contributed by atoms with van der Waals surface area (Å²) >= 11 is 3.36. The Hall–Kier alpha value is 0.790. The van der Waals surface area contributed by atoms with Crippen molar-refractivity contribution in [3.63, 3.8) is 0 Å². The molecule has 0 atom stereocenters. The van der Waals surface area contributed by atoms with Gasteiger partial charge in [0, 0.05) is 24.6 Å². The Kier molecular flexibility index (Phi) is 3.29. The van der Waals surface area contributed by atoms with Crippen molar-refractivity contribution in [1.29, 1.82) is 0 Å². The van der Waals surface area contributed by atoms with Crippen LogP contribution in [0.4, 0.5) is 0 Å². The molecule has 3 nitrogen and oxygen atoms in total. The molecule has 0 aromatic rings. The second-order valence-corrected chi connectivity index (χ2v) is 6.86. The number of nitrogens with zero attached hydrogens (tertiary/aromatic N) is 2. The van der Waals surface area contributed by atoms with Gasteiger partial charge >= 0.3 is 0 Å².